The lowest BCUT2D eigenvalue weighted by Crippen LogP contribution is -2.16. The number of sulfone groups is 1. The lowest BCUT2D eigenvalue weighted by Gasteiger charge is -2.11. The molecule has 0 aliphatic rings. The van der Waals surface area contributed by atoms with Crippen LogP contribution in [-0.2, 0) is 19.9 Å². The van der Waals surface area contributed by atoms with Crippen LogP contribution in [0.3, 0.4) is 0 Å². The van der Waals surface area contributed by atoms with Crippen LogP contribution < -0.4 is 4.72 Å². The second kappa shape index (κ2) is 8.21. The van der Waals surface area contributed by atoms with Gasteiger partial charge in [0.05, 0.1) is 16.1 Å². The number of hydrogen-bond acceptors (Lipinski definition) is 5. The molecular formula is C22H18FN3O4S2. The molecule has 0 saturated heterocycles. The molecule has 32 heavy (non-hydrogen) atoms. The minimum Gasteiger partial charge on any atom is -0.280 e. The highest BCUT2D eigenvalue weighted by Gasteiger charge is 2.23. The molecule has 0 aliphatic heterocycles. The first kappa shape index (κ1) is 21.7. The van der Waals surface area contributed by atoms with E-state index in [1.54, 1.807) is 42.5 Å². The fraction of sp³-hybridized carbons (Fsp3) is 0.0455. The molecule has 4 aromatic rings. The predicted molar refractivity (Wildman–Crippen MR) is 122 cm³/mol. The summed E-state index contributed by atoms with van der Waals surface area (Å²) in [5.74, 6) is -0.332. The van der Waals surface area contributed by atoms with Crippen molar-refractivity contribution in [3.63, 3.8) is 0 Å². The molecule has 4 rings (SSSR count). The largest absolute Gasteiger partial charge is 0.280 e. The van der Waals surface area contributed by atoms with Crippen molar-refractivity contribution in [3.8, 4) is 0 Å². The summed E-state index contributed by atoms with van der Waals surface area (Å²) >= 11 is 0. The van der Waals surface area contributed by atoms with Crippen LogP contribution in [0.4, 0.5) is 10.1 Å². The molecule has 7 nitrogen and oxygen atoms in total. The van der Waals surface area contributed by atoms with Crippen LogP contribution in [0.2, 0.25) is 0 Å². The molecule has 0 unspecified atom stereocenters. The Labute approximate surface area is 184 Å². The Morgan fingerprint density at radius 2 is 1.59 bits per heavy atom. The van der Waals surface area contributed by atoms with Gasteiger partial charge in [0.15, 0.2) is 9.84 Å². The van der Waals surface area contributed by atoms with Crippen LogP contribution in [0.25, 0.3) is 23.1 Å². The first-order valence-corrected chi connectivity index (χ1v) is 12.7. The maximum atomic E-state index is 13.1. The van der Waals surface area contributed by atoms with Gasteiger partial charge < -0.3 is 0 Å². The fourth-order valence-electron chi connectivity index (χ4n) is 3.16. The van der Waals surface area contributed by atoms with E-state index in [2.05, 4.69) is 14.9 Å². The van der Waals surface area contributed by atoms with Crippen molar-refractivity contribution in [2.45, 2.75) is 9.79 Å². The number of fused-ring (bicyclic) bond motifs is 1. The van der Waals surface area contributed by atoms with Gasteiger partial charge in [0.1, 0.15) is 10.7 Å². The molecule has 0 atom stereocenters. The van der Waals surface area contributed by atoms with Gasteiger partial charge in [-0.25, -0.2) is 21.2 Å². The quantitative estimate of drug-likeness (QED) is 0.441. The number of benzene rings is 3. The zero-order valence-electron chi connectivity index (χ0n) is 16.8. The van der Waals surface area contributed by atoms with E-state index in [4.69, 9.17) is 0 Å². The summed E-state index contributed by atoms with van der Waals surface area (Å²) < 4.78 is 65.4. The van der Waals surface area contributed by atoms with Gasteiger partial charge in [-0.3, -0.25) is 9.82 Å². The monoisotopic (exact) mass is 471 g/mol. The second-order valence-corrected chi connectivity index (χ2v) is 10.7. The second-order valence-electron chi connectivity index (χ2n) is 7.08. The van der Waals surface area contributed by atoms with Crippen LogP contribution in [0.5, 0.6) is 0 Å². The van der Waals surface area contributed by atoms with E-state index in [-0.39, 0.29) is 21.3 Å². The first-order chi connectivity index (χ1) is 15.1. The molecule has 0 amide bonds. The molecule has 0 saturated carbocycles. The average molecular weight is 472 g/mol. The van der Waals surface area contributed by atoms with E-state index in [9.17, 15) is 21.2 Å². The van der Waals surface area contributed by atoms with Crippen molar-refractivity contribution in [1.82, 2.24) is 10.2 Å². The smallest absolute Gasteiger partial charge is 0.263 e. The van der Waals surface area contributed by atoms with Crippen LogP contribution in [0, 0.1) is 5.82 Å². The number of aromatic nitrogens is 2. The number of rotatable bonds is 6. The lowest BCUT2D eigenvalue weighted by molar-refractivity contribution is 0.588. The highest BCUT2D eigenvalue weighted by molar-refractivity contribution is 7.95. The maximum Gasteiger partial charge on any atom is 0.263 e. The molecule has 0 fully saturated rings. The van der Waals surface area contributed by atoms with Crippen molar-refractivity contribution in [3.05, 3.63) is 83.8 Å². The third-order valence-corrected chi connectivity index (χ3v) is 7.41. The van der Waals surface area contributed by atoms with Gasteiger partial charge in [0.2, 0.25) is 0 Å². The zero-order valence-corrected chi connectivity index (χ0v) is 18.4. The minimum atomic E-state index is -4.16. The van der Waals surface area contributed by atoms with Crippen LogP contribution in [0.1, 0.15) is 11.3 Å². The Hall–Kier alpha value is -3.50. The van der Waals surface area contributed by atoms with Crippen molar-refractivity contribution in [2.24, 2.45) is 0 Å². The van der Waals surface area contributed by atoms with Gasteiger partial charge in [-0.2, -0.15) is 5.10 Å². The summed E-state index contributed by atoms with van der Waals surface area (Å²) in [5, 5.41) is 7.75. The highest BCUT2D eigenvalue weighted by Crippen LogP contribution is 2.26. The molecule has 0 spiro atoms. The number of anilines is 1. The SMILES string of the molecule is CS(=O)(=O)c1ccccc1S(=O)(=O)Nc1ccc2[nH]nc(/C=C/c3ccc(F)cc3)c2c1. The van der Waals surface area contributed by atoms with E-state index in [0.29, 0.717) is 16.6 Å². The number of aromatic amines is 1. The molecule has 164 valence electrons. The predicted octanol–water partition coefficient (Wildman–Crippen LogP) is 4.08. The Morgan fingerprint density at radius 1 is 0.906 bits per heavy atom. The molecule has 2 N–H and O–H groups in total. The number of nitrogens with one attached hydrogen (secondary N) is 2. The first-order valence-electron chi connectivity index (χ1n) is 9.37. The van der Waals surface area contributed by atoms with E-state index in [1.807, 2.05) is 0 Å². The van der Waals surface area contributed by atoms with E-state index in [0.717, 1.165) is 11.8 Å². The molecule has 0 bridgehead atoms. The van der Waals surface area contributed by atoms with Crippen molar-refractivity contribution in [1.29, 1.82) is 0 Å². The standard InChI is InChI=1S/C22H18FN3O4S2/c1-31(27,28)21-4-2-3-5-22(21)32(29,30)26-17-11-13-20-18(14-17)19(24-25-20)12-8-15-6-9-16(23)10-7-15/h2-14,26H,1H3,(H,24,25)/b12-8+. The summed E-state index contributed by atoms with van der Waals surface area (Å²) in [7, 11) is -7.91. The number of nitrogens with zero attached hydrogens (tertiary/aromatic N) is 1. The van der Waals surface area contributed by atoms with Crippen LogP contribution in [0.15, 0.2) is 76.5 Å². The average Bonchev–Trinajstić information content (AvgIpc) is 3.15. The van der Waals surface area contributed by atoms with Crippen molar-refractivity contribution < 1.29 is 21.2 Å². The minimum absolute atomic E-state index is 0.249. The molecule has 1 heterocycles. The number of sulfonamides is 1. The normalized spacial score (nSPS) is 12.4. The summed E-state index contributed by atoms with van der Waals surface area (Å²) in [4.78, 5) is -0.606. The van der Waals surface area contributed by atoms with E-state index >= 15 is 0 Å². The van der Waals surface area contributed by atoms with Gasteiger partial charge in [-0.15, -0.1) is 0 Å². The highest BCUT2D eigenvalue weighted by atomic mass is 32.2. The Morgan fingerprint density at radius 3 is 2.28 bits per heavy atom. The van der Waals surface area contributed by atoms with Crippen LogP contribution in [-0.4, -0.2) is 33.3 Å². The molecule has 0 radical (unpaired) electrons. The summed E-state index contributed by atoms with van der Waals surface area (Å²) in [6, 6.07) is 16.2. The van der Waals surface area contributed by atoms with Crippen LogP contribution >= 0.6 is 0 Å². The number of halogens is 1. The summed E-state index contributed by atoms with van der Waals surface area (Å²) in [5.41, 5.74) is 2.26. The number of H-pyrrole nitrogens is 1. The van der Waals surface area contributed by atoms with Gasteiger partial charge in [0.25, 0.3) is 10.0 Å². The van der Waals surface area contributed by atoms with Gasteiger partial charge in [-0.05, 0) is 54.1 Å². The van der Waals surface area contributed by atoms with Gasteiger partial charge in [-0.1, -0.05) is 30.3 Å². The maximum absolute atomic E-state index is 13.1. The van der Waals surface area contributed by atoms with Crippen molar-refractivity contribution in [2.75, 3.05) is 11.0 Å². The molecule has 10 heteroatoms. The Bertz CT molecular complexity index is 1540. The summed E-state index contributed by atoms with van der Waals surface area (Å²) in [6.45, 7) is 0. The third kappa shape index (κ3) is 4.56. The Kier molecular flexibility index (Phi) is 5.57. The molecular weight excluding hydrogens is 453 g/mol. The summed E-state index contributed by atoms with van der Waals surface area (Å²) in [6.07, 6.45) is 4.44. The fourth-order valence-corrected chi connectivity index (χ4v) is 5.84. The Balaban J connectivity index is 1.68. The molecule has 0 aliphatic carbocycles. The zero-order chi connectivity index (χ0) is 22.9. The van der Waals surface area contributed by atoms with Gasteiger partial charge >= 0.3 is 0 Å². The number of hydrogen-bond donors (Lipinski definition) is 2. The third-order valence-electron chi connectivity index (χ3n) is 4.69. The topological polar surface area (TPSA) is 109 Å². The van der Waals surface area contributed by atoms with E-state index in [1.165, 1.54) is 36.4 Å². The molecule has 3 aromatic carbocycles. The van der Waals surface area contributed by atoms with Gasteiger partial charge in [0, 0.05) is 17.3 Å². The lowest BCUT2D eigenvalue weighted by atomic mass is 10.1. The van der Waals surface area contributed by atoms with E-state index < -0.39 is 19.9 Å². The molecule has 1 aromatic heterocycles. The van der Waals surface area contributed by atoms with Crippen molar-refractivity contribution >= 4 is 48.6 Å².